The van der Waals surface area contributed by atoms with Gasteiger partial charge in [0.2, 0.25) is 0 Å². The first-order valence-corrected chi connectivity index (χ1v) is 10.8. The van der Waals surface area contributed by atoms with Crippen molar-refractivity contribution in [1.82, 2.24) is 10.6 Å². The van der Waals surface area contributed by atoms with Crippen LogP contribution in [0.5, 0.6) is 0 Å². The van der Waals surface area contributed by atoms with Crippen molar-refractivity contribution in [2.75, 3.05) is 58.0 Å². The van der Waals surface area contributed by atoms with E-state index in [2.05, 4.69) is 50.9 Å². The summed E-state index contributed by atoms with van der Waals surface area (Å²) in [5, 5.41) is 7.02. The maximum atomic E-state index is 5.84. The van der Waals surface area contributed by atoms with Gasteiger partial charge in [-0.3, -0.25) is 4.99 Å². The van der Waals surface area contributed by atoms with E-state index in [1.165, 1.54) is 18.5 Å². The fourth-order valence-electron chi connectivity index (χ4n) is 3.90. The molecule has 2 fully saturated rings. The number of hydrogen-bond donors (Lipinski definition) is 2. The minimum atomic E-state index is 0. The van der Waals surface area contributed by atoms with Crippen LogP contribution in [0.1, 0.15) is 32.1 Å². The highest BCUT2D eigenvalue weighted by molar-refractivity contribution is 14.0. The third-order valence-corrected chi connectivity index (χ3v) is 5.56. The molecule has 1 aromatic rings. The summed E-state index contributed by atoms with van der Waals surface area (Å²) >= 11 is 0. The van der Waals surface area contributed by atoms with Gasteiger partial charge < -0.3 is 25.0 Å². The SMILES string of the molecule is CN=C(NCCCOCC1CCOCC1)NC1CCCN(c2ccccc2)C1.I. The van der Waals surface area contributed by atoms with Crippen LogP contribution in [0, 0.1) is 5.92 Å². The lowest BCUT2D eigenvalue weighted by Gasteiger charge is -2.35. The first kappa shape index (κ1) is 24.2. The zero-order valence-electron chi connectivity index (χ0n) is 17.6. The van der Waals surface area contributed by atoms with Gasteiger partial charge in [-0.25, -0.2) is 0 Å². The molecule has 0 saturated carbocycles. The summed E-state index contributed by atoms with van der Waals surface area (Å²) in [6.45, 7) is 6.46. The Kier molecular flexibility index (Phi) is 11.7. The summed E-state index contributed by atoms with van der Waals surface area (Å²) in [5.74, 6) is 1.57. The van der Waals surface area contributed by atoms with Crippen LogP contribution in [0.25, 0.3) is 0 Å². The predicted octanol–water partition coefficient (Wildman–Crippen LogP) is 3.27. The average Bonchev–Trinajstić information content (AvgIpc) is 2.77. The van der Waals surface area contributed by atoms with Crippen LogP contribution < -0.4 is 15.5 Å². The van der Waals surface area contributed by atoms with Crippen LogP contribution in [0.2, 0.25) is 0 Å². The molecule has 2 N–H and O–H groups in total. The lowest BCUT2D eigenvalue weighted by molar-refractivity contribution is 0.0203. The number of benzene rings is 1. The molecule has 3 rings (SSSR count). The second kappa shape index (κ2) is 14.0. The van der Waals surface area contributed by atoms with E-state index in [9.17, 15) is 0 Å². The van der Waals surface area contributed by atoms with Gasteiger partial charge in [0, 0.05) is 64.8 Å². The molecule has 0 radical (unpaired) electrons. The van der Waals surface area contributed by atoms with Crippen molar-refractivity contribution in [2.45, 2.75) is 38.1 Å². The summed E-state index contributed by atoms with van der Waals surface area (Å²) in [6, 6.07) is 11.1. The van der Waals surface area contributed by atoms with Gasteiger partial charge >= 0.3 is 0 Å². The second-order valence-corrected chi connectivity index (χ2v) is 7.75. The fraction of sp³-hybridized carbons (Fsp3) is 0.682. The van der Waals surface area contributed by atoms with Crippen molar-refractivity contribution in [1.29, 1.82) is 0 Å². The van der Waals surface area contributed by atoms with Gasteiger partial charge in [0.1, 0.15) is 0 Å². The number of rotatable bonds is 8. The lowest BCUT2D eigenvalue weighted by Crippen LogP contribution is -2.51. The van der Waals surface area contributed by atoms with Crippen molar-refractivity contribution < 1.29 is 9.47 Å². The van der Waals surface area contributed by atoms with Crippen LogP contribution in [-0.4, -0.2) is 65.1 Å². The Hall–Kier alpha value is -1.06. The van der Waals surface area contributed by atoms with Crippen LogP contribution >= 0.6 is 24.0 Å². The first-order valence-electron chi connectivity index (χ1n) is 10.8. The molecular formula is C22H37IN4O2. The van der Waals surface area contributed by atoms with Crippen LogP contribution in [-0.2, 0) is 9.47 Å². The minimum Gasteiger partial charge on any atom is -0.381 e. The van der Waals surface area contributed by atoms with Crippen molar-refractivity contribution in [2.24, 2.45) is 10.9 Å². The second-order valence-electron chi connectivity index (χ2n) is 7.75. The monoisotopic (exact) mass is 516 g/mol. The number of hydrogen-bond acceptors (Lipinski definition) is 4. The van der Waals surface area contributed by atoms with E-state index < -0.39 is 0 Å². The number of nitrogens with one attached hydrogen (secondary N) is 2. The van der Waals surface area contributed by atoms with Gasteiger partial charge in [-0.15, -0.1) is 24.0 Å². The molecule has 0 bridgehead atoms. The molecule has 0 amide bonds. The molecule has 1 atom stereocenters. The number of nitrogens with zero attached hydrogens (tertiary/aromatic N) is 2. The Balaban J connectivity index is 0.00000300. The molecule has 164 valence electrons. The van der Waals surface area contributed by atoms with Crippen molar-refractivity contribution in [3.63, 3.8) is 0 Å². The van der Waals surface area contributed by atoms with E-state index in [1.54, 1.807) is 0 Å². The van der Waals surface area contributed by atoms with E-state index in [0.717, 1.165) is 71.3 Å². The maximum Gasteiger partial charge on any atom is 0.191 e. The van der Waals surface area contributed by atoms with Crippen molar-refractivity contribution >= 4 is 35.6 Å². The van der Waals surface area contributed by atoms with Gasteiger partial charge in [-0.1, -0.05) is 18.2 Å². The number of anilines is 1. The number of aliphatic imine (C=N–C) groups is 1. The fourth-order valence-corrected chi connectivity index (χ4v) is 3.90. The molecule has 6 nitrogen and oxygen atoms in total. The molecule has 7 heteroatoms. The molecule has 0 aliphatic carbocycles. The van der Waals surface area contributed by atoms with Crippen molar-refractivity contribution in [3.8, 4) is 0 Å². The average molecular weight is 516 g/mol. The highest BCUT2D eigenvalue weighted by Crippen LogP contribution is 2.19. The van der Waals surface area contributed by atoms with Crippen LogP contribution in [0.15, 0.2) is 35.3 Å². The van der Waals surface area contributed by atoms with Gasteiger partial charge in [0.15, 0.2) is 5.96 Å². The molecule has 2 saturated heterocycles. The number of piperidine rings is 1. The number of ether oxygens (including phenoxy) is 2. The van der Waals surface area contributed by atoms with E-state index in [-0.39, 0.29) is 24.0 Å². The lowest BCUT2D eigenvalue weighted by atomic mass is 10.0. The smallest absolute Gasteiger partial charge is 0.191 e. The number of para-hydroxylation sites is 1. The van der Waals surface area contributed by atoms with E-state index in [1.807, 2.05) is 7.05 Å². The minimum absolute atomic E-state index is 0. The zero-order chi connectivity index (χ0) is 19.4. The third kappa shape index (κ3) is 8.68. The Morgan fingerprint density at radius 2 is 2.00 bits per heavy atom. The zero-order valence-corrected chi connectivity index (χ0v) is 20.0. The summed E-state index contributed by atoms with van der Waals surface area (Å²) in [5.41, 5.74) is 1.30. The molecule has 0 aromatic heterocycles. The summed E-state index contributed by atoms with van der Waals surface area (Å²) in [4.78, 5) is 6.85. The molecular weight excluding hydrogens is 479 g/mol. The van der Waals surface area contributed by atoms with Gasteiger partial charge in [-0.05, 0) is 50.2 Å². The third-order valence-electron chi connectivity index (χ3n) is 5.56. The van der Waals surface area contributed by atoms with E-state index in [4.69, 9.17) is 9.47 Å². The summed E-state index contributed by atoms with van der Waals surface area (Å²) in [6.07, 6.45) is 5.64. The molecule has 1 aromatic carbocycles. The van der Waals surface area contributed by atoms with Crippen LogP contribution in [0.4, 0.5) is 5.69 Å². The normalized spacial score (nSPS) is 20.8. The maximum absolute atomic E-state index is 5.84. The standard InChI is InChI=1S/C22H36N4O2.HI/c1-23-22(24-12-6-14-28-18-19-10-15-27-16-11-19)25-20-7-5-13-26(17-20)21-8-3-2-4-9-21;/h2-4,8-9,19-20H,5-7,10-18H2,1H3,(H2,23,24,25);1H. The Bertz CT molecular complexity index is 581. The summed E-state index contributed by atoms with van der Waals surface area (Å²) < 4.78 is 11.2. The highest BCUT2D eigenvalue weighted by Gasteiger charge is 2.20. The highest BCUT2D eigenvalue weighted by atomic mass is 127. The Labute approximate surface area is 192 Å². The Morgan fingerprint density at radius 1 is 1.21 bits per heavy atom. The van der Waals surface area contributed by atoms with E-state index in [0.29, 0.717) is 12.0 Å². The predicted molar refractivity (Wildman–Crippen MR) is 131 cm³/mol. The van der Waals surface area contributed by atoms with Crippen molar-refractivity contribution in [3.05, 3.63) is 30.3 Å². The van der Waals surface area contributed by atoms with Gasteiger partial charge in [0.25, 0.3) is 0 Å². The first-order chi connectivity index (χ1) is 13.8. The summed E-state index contributed by atoms with van der Waals surface area (Å²) in [7, 11) is 1.84. The molecule has 0 spiro atoms. The topological polar surface area (TPSA) is 58.1 Å². The molecule has 2 aliphatic rings. The molecule has 1 unspecified atom stereocenters. The van der Waals surface area contributed by atoms with Crippen LogP contribution in [0.3, 0.4) is 0 Å². The van der Waals surface area contributed by atoms with Gasteiger partial charge in [0.05, 0.1) is 0 Å². The largest absolute Gasteiger partial charge is 0.381 e. The van der Waals surface area contributed by atoms with E-state index >= 15 is 0 Å². The quantitative estimate of drug-likeness (QED) is 0.241. The van der Waals surface area contributed by atoms with Gasteiger partial charge in [-0.2, -0.15) is 0 Å². The Morgan fingerprint density at radius 3 is 2.76 bits per heavy atom. The molecule has 29 heavy (non-hydrogen) atoms. The number of guanidine groups is 1. The molecule has 2 heterocycles. The number of halogens is 1. The molecule has 2 aliphatic heterocycles.